The van der Waals surface area contributed by atoms with Crippen molar-refractivity contribution in [1.29, 1.82) is 0 Å². The Bertz CT molecular complexity index is 505. The Kier molecular flexibility index (Phi) is 4.84. The molecule has 7 nitrogen and oxygen atoms in total. The van der Waals surface area contributed by atoms with E-state index in [0.29, 0.717) is 5.75 Å². The lowest BCUT2D eigenvalue weighted by Gasteiger charge is -2.22. The minimum Gasteiger partial charge on any atom is -0.491 e. The quantitative estimate of drug-likeness (QED) is 0.370. The van der Waals surface area contributed by atoms with Gasteiger partial charge in [0.05, 0.1) is 10.3 Å². The number of ether oxygens (including phenoxy) is 1. The molecule has 3 N–H and O–H groups in total. The number of halogens is 1. The van der Waals surface area contributed by atoms with Crippen LogP contribution in [0.5, 0.6) is 5.75 Å². The van der Waals surface area contributed by atoms with E-state index in [9.17, 15) is 14.9 Å². The fourth-order valence-electron chi connectivity index (χ4n) is 1.27. The zero-order valence-electron chi connectivity index (χ0n) is 10.5. The highest BCUT2D eigenvalue weighted by molar-refractivity contribution is 9.10. The maximum absolute atomic E-state index is 11.5. The molecule has 0 bridgehead atoms. The summed E-state index contributed by atoms with van der Waals surface area (Å²) in [6.07, 6.45) is 0. The fraction of sp³-hybridized carbons (Fsp3) is 0.364. The zero-order valence-corrected chi connectivity index (χ0v) is 12.1. The number of hydrogen-bond acceptors (Lipinski definition) is 5. The number of nitrogens with two attached hydrogens (primary N) is 1. The van der Waals surface area contributed by atoms with Crippen LogP contribution in [0.2, 0.25) is 0 Å². The topological polar surface area (TPSA) is 107 Å². The van der Waals surface area contributed by atoms with Crippen molar-refractivity contribution in [2.45, 2.75) is 13.8 Å². The van der Waals surface area contributed by atoms with E-state index in [-0.39, 0.29) is 22.7 Å². The number of carbonyl (C=O) groups is 1. The highest BCUT2D eigenvalue weighted by Crippen LogP contribution is 2.34. The molecule has 0 heterocycles. The minimum absolute atomic E-state index is 0.0375. The second kappa shape index (κ2) is 5.98. The number of hydrogen-bond donors (Lipinski definition) is 2. The predicted molar refractivity (Wildman–Crippen MR) is 72.4 cm³/mol. The van der Waals surface area contributed by atoms with Gasteiger partial charge < -0.3 is 4.74 Å². The van der Waals surface area contributed by atoms with Gasteiger partial charge in [-0.25, -0.2) is 5.84 Å². The first-order valence-corrected chi connectivity index (χ1v) is 6.15. The highest BCUT2D eigenvalue weighted by Gasteiger charge is 2.28. The Balaban J connectivity index is 2.87. The molecule has 1 aromatic rings. The maximum Gasteiger partial charge on any atom is 0.287 e. The molecule has 0 saturated carbocycles. The summed E-state index contributed by atoms with van der Waals surface area (Å²) in [7, 11) is 0. The van der Waals surface area contributed by atoms with Gasteiger partial charge in [0.1, 0.15) is 16.8 Å². The number of nitro groups is 1. The zero-order chi connectivity index (χ0) is 14.6. The molecule has 0 atom stereocenters. The van der Waals surface area contributed by atoms with Crippen molar-refractivity contribution in [3.05, 3.63) is 32.8 Å². The summed E-state index contributed by atoms with van der Waals surface area (Å²) in [4.78, 5) is 21.7. The highest BCUT2D eigenvalue weighted by atomic mass is 79.9. The van der Waals surface area contributed by atoms with Crippen LogP contribution >= 0.6 is 15.9 Å². The summed E-state index contributed by atoms with van der Waals surface area (Å²) in [5, 5.41) is 10.8. The van der Waals surface area contributed by atoms with Gasteiger partial charge >= 0.3 is 0 Å². The molecule has 0 unspecified atom stereocenters. The number of carbonyl (C=O) groups excluding carboxylic acids is 1. The first-order chi connectivity index (χ1) is 8.79. The van der Waals surface area contributed by atoms with Crippen LogP contribution in [0.3, 0.4) is 0 Å². The molecule has 0 saturated heterocycles. The molecular weight excluding hydrogens is 318 g/mol. The standard InChI is InChI=1S/C11H14BrN3O4/c1-11(2,10(16)14-13)6-19-8-5-3-4-7(9(8)12)15(17)18/h3-5H,6,13H2,1-2H3,(H,14,16). The number of nitro benzene ring substituents is 1. The van der Waals surface area contributed by atoms with Crippen LogP contribution in [0.15, 0.2) is 22.7 Å². The molecule has 0 spiro atoms. The van der Waals surface area contributed by atoms with Gasteiger partial charge in [0.15, 0.2) is 0 Å². The number of benzene rings is 1. The molecule has 0 aliphatic carbocycles. The van der Waals surface area contributed by atoms with Crippen LogP contribution in [-0.2, 0) is 4.79 Å². The molecule has 1 aromatic carbocycles. The average molecular weight is 332 g/mol. The maximum atomic E-state index is 11.5. The number of nitrogens with one attached hydrogen (secondary N) is 1. The normalized spacial score (nSPS) is 10.9. The van der Waals surface area contributed by atoms with E-state index < -0.39 is 10.3 Å². The second-order valence-electron chi connectivity index (χ2n) is 4.49. The van der Waals surface area contributed by atoms with Gasteiger partial charge in [-0.1, -0.05) is 6.07 Å². The van der Waals surface area contributed by atoms with Crippen LogP contribution < -0.4 is 16.0 Å². The van der Waals surface area contributed by atoms with E-state index in [1.54, 1.807) is 19.9 Å². The second-order valence-corrected chi connectivity index (χ2v) is 5.29. The Hall–Kier alpha value is -1.67. The third-order valence-corrected chi connectivity index (χ3v) is 3.27. The van der Waals surface area contributed by atoms with Crippen molar-refractivity contribution in [2.24, 2.45) is 11.3 Å². The molecule has 1 rings (SSSR count). The lowest BCUT2D eigenvalue weighted by molar-refractivity contribution is -0.385. The minimum atomic E-state index is -0.848. The van der Waals surface area contributed by atoms with Gasteiger partial charge in [-0.15, -0.1) is 0 Å². The first kappa shape index (κ1) is 15.4. The van der Waals surface area contributed by atoms with E-state index in [0.717, 1.165) is 0 Å². The molecule has 0 aliphatic heterocycles. The summed E-state index contributed by atoms with van der Waals surface area (Å²) in [6, 6.07) is 4.44. The number of amides is 1. The Morgan fingerprint density at radius 3 is 2.74 bits per heavy atom. The van der Waals surface area contributed by atoms with Gasteiger partial charge in [-0.3, -0.25) is 20.3 Å². The molecule has 8 heteroatoms. The Morgan fingerprint density at radius 1 is 1.58 bits per heavy atom. The molecule has 1 amide bonds. The molecule has 0 fully saturated rings. The summed E-state index contributed by atoms with van der Waals surface area (Å²) in [5.74, 6) is 4.98. The average Bonchev–Trinajstić information content (AvgIpc) is 2.36. The molecule has 0 radical (unpaired) electrons. The summed E-state index contributed by atoms with van der Waals surface area (Å²) in [5.41, 5.74) is 1.10. The van der Waals surface area contributed by atoms with Gasteiger partial charge in [-0.05, 0) is 35.8 Å². The van der Waals surface area contributed by atoms with Crippen molar-refractivity contribution < 1.29 is 14.5 Å². The van der Waals surface area contributed by atoms with Crippen LogP contribution in [0.1, 0.15) is 13.8 Å². The van der Waals surface area contributed by atoms with Crippen molar-refractivity contribution in [3.63, 3.8) is 0 Å². The molecular formula is C11H14BrN3O4. The van der Waals surface area contributed by atoms with Crippen LogP contribution in [0, 0.1) is 15.5 Å². The van der Waals surface area contributed by atoms with Crippen molar-refractivity contribution in [3.8, 4) is 5.75 Å². The third-order valence-electron chi connectivity index (χ3n) is 2.47. The molecule has 104 valence electrons. The van der Waals surface area contributed by atoms with Crippen molar-refractivity contribution >= 4 is 27.5 Å². The summed E-state index contributed by atoms with van der Waals surface area (Å²) >= 11 is 3.11. The van der Waals surface area contributed by atoms with Crippen molar-refractivity contribution in [2.75, 3.05) is 6.61 Å². The third kappa shape index (κ3) is 3.65. The molecule has 0 aliphatic rings. The van der Waals surface area contributed by atoms with E-state index in [1.807, 2.05) is 5.43 Å². The summed E-state index contributed by atoms with van der Waals surface area (Å²) in [6.45, 7) is 3.34. The SMILES string of the molecule is CC(C)(COc1cccc([N+](=O)[O-])c1Br)C(=O)NN. The fourth-order valence-corrected chi connectivity index (χ4v) is 1.79. The van der Waals surface area contributed by atoms with E-state index in [4.69, 9.17) is 10.6 Å². The van der Waals surface area contributed by atoms with E-state index in [1.165, 1.54) is 12.1 Å². The molecule has 0 aromatic heterocycles. The Labute approximate surface area is 118 Å². The van der Waals surface area contributed by atoms with Crippen LogP contribution in [0.25, 0.3) is 0 Å². The van der Waals surface area contributed by atoms with Crippen LogP contribution in [0.4, 0.5) is 5.69 Å². The number of nitrogens with zero attached hydrogens (tertiary/aromatic N) is 1. The van der Waals surface area contributed by atoms with E-state index >= 15 is 0 Å². The smallest absolute Gasteiger partial charge is 0.287 e. The Morgan fingerprint density at radius 2 is 2.21 bits per heavy atom. The largest absolute Gasteiger partial charge is 0.491 e. The molecule has 19 heavy (non-hydrogen) atoms. The predicted octanol–water partition coefficient (Wildman–Crippen LogP) is 1.75. The van der Waals surface area contributed by atoms with Crippen molar-refractivity contribution in [1.82, 2.24) is 5.43 Å². The van der Waals surface area contributed by atoms with E-state index in [2.05, 4.69) is 15.9 Å². The summed E-state index contributed by atoms with van der Waals surface area (Å²) < 4.78 is 5.69. The van der Waals surface area contributed by atoms with Gasteiger partial charge in [0.25, 0.3) is 5.69 Å². The lowest BCUT2D eigenvalue weighted by Crippen LogP contribution is -2.44. The van der Waals surface area contributed by atoms with Gasteiger partial charge in [0, 0.05) is 6.07 Å². The first-order valence-electron chi connectivity index (χ1n) is 5.36. The van der Waals surface area contributed by atoms with Crippen LogP contribution in [-0.4, -0.2) is 17.4 Å². The lowest BCUT2D eigenvalue weighted by atomic mass is 9.94. The number of hydrazine groups is 1. The van der Waals surface area contributed by atoms with Gasteiger partial charge in [0.2, 0.25) is 5.91 Å². The number of rotatable bonds is 5. The monoisotopic (exact) mass is 331 g/mol. The van der Waals surface area contributed by atoms with Gasteiger partial charge in [-0.2, -0.15) is 0 Å².